The standard InChI is InChI=1S/C27H19Cl2N3O4/c1-3-13-4-6-21-16(8-13)25-24(27(33)35-21)23(17(11-30)26(31)36-25)14-5-7-20(34-2)15(9-14)18-12-32-22(29)10-19(18)28/h4-10,12,23H,3,31H2,1-2H3. The molecule has 180 valence electrons. The quantitative estimate of drug-likeness (QED) is 0.261. The maximum absolute atomic E-state index is 13.3. The molecule has 5 rings (SSSR count). The summed E-state index contributed by atoms with van der Waals surface area (Å²) < 4.78 is 17.1. The van der Waals surface area contributed by atoms with Crippen molar-refractivity contribution in [1.29, 1.82) is 5.26 Å². The molecule has 4 aromatic rings. The number of nitrogens with two attached hydrogens (primary N) is 1. The number of rotatable bonds is 4. The maximum Gasteiger partial charge on any atom is 0.344 e. The zero-order valence-corrected chi connectivity index (χ0v) is 20.8. The fourth-order valence-electron chi connectivity index (χ4n) is 4.44. The minimum Gasteiger partial charge on any atom is -0.496 e. The Labute approximate surface area is 216 Å². The van der Waals surface area contributed by atoms with E-state index in [0.717, 1.165) is 12.0 Å². The molecular weight excluding hydrogens is 501 g/mol. The van der Waals surface area contributed by atoms with E-state index in [0.29, 0.717) is 38.4 Å². The molecule has 7 nitrogen and oxygen atoms in total. The molecule has 1 aliphatic heterocycles. The fourth-order valence-corrected chi connectivity index (χ4v) is 4.91. The third-order valence-electron chi connectivity index (χ3n) is 6.21. The van der Waals surface area contributed by atoms with E-state index in [-0.39, 0.29) is 27.9 Å². The van der Waals surface area contributed by atoms with E-state index in [1.54, 1.807) is 24.3 Å². The van der Waals surface area contributed by atoms with Gasteiger partial charge in [-0.2, -0.15) is 5.26 Å². The molecule has 0 spiro atoms. The van der Waals surface area contributed by atoms with Crippen molar-refractivity contribution in [1.82, 2.24) is 4.98 Å². The van der Waals surface area contributed by atoms with Crippen LogP contribution in [0, 0.1) is 11.3 Å². The topological polar surface area (TPSA) is 111 Å². The lowest BCUT2D eigenvalue weighted by Gasteiger charge is -2.26. The van der Waals surface area contributed by atoms with Gasteiger partial charge in [-0.25, -0.2) is 9.78 Å². The Morgan fingerprint density at radius 1 is 1.17 bits per heavy atom. The molecule has 0 radical (unpaired) electrons. The van der Waals surface area contributed by atoms with Gasteiger partial charge in [0.05, 0.1) is 29.0 Å². The van der Waals surface area contributed by atoms with E-state index in [1.165, 1.54) is 19.4 Å². The van der Waals surface area contributed by atoms with Crippen molar-refractivity contribution in [3.8, 4) is 28.7 Å². The third-order valence-corrected chi connectivity index (χ3v) is 6.73. The predicted molar refractivity (Wildman–Crippen MR) is 137 cm³/mol. The molecule has 9 heteroatoms. The average molecular weight is 520 g/mol. The van der Waals surface area contributed by atoms with E-state index in [9.17, 15) is 10.1 Å². The molecule has 1 atom stereocenters. The molecule has 2 aromatic heterocycles. The number of benzene rings is 2. The lowest BCUT2D eigenvalue weighted by atomic mass is 9.82. The monoisotopic (exact) mass is 519 g/mol. The van der Waals surface area contributed by atoms with Gasteiger partial charge in [-0.3, -0.25) is 0 Å². The van der Waals surface area contributed by atoms with Crippen LogP contribution in [0.15, 0.2) is 69.3 Å². The van der Waals surface area contributed by atoms with Gasteiger partial charge >= 0.3 is 5.63 Å². The van der Waals surface area contributed by atoms with Crippen molar-refractivity contribution in [3.05, 3.63) is 97.4 Å². The highest BCUT2D eigenvalue weighted by Gasteiger charge is 2.36. The number of nitrogens with zero attached hydrogens (tertiary/aromatic N) is 2. The first kappa shape index (κ1) is 23.7. The van der Waals surface area contributed by atoms with Crippen LogP contribution in [0.25, 0.3) is 22.1 Å². The number of pyridine rings is 1. The minimum atomic E-state index is -0.839. The Hall–Kier alpha value is -3.99. The Bertz CT molecular complexity index is 1670. The molecule has 0 bridgehead atoms. The number of methoxy groups -OCH3 is 1. The summed E-state index contributed by atoms with van der Waals surface area (Å²) in [6.07, 6.45) is 2.31. The summed E-state index contributed by atoms with van der Waals surface area (Å²) in [6, 6.07) is 14.4. The second-order valence-electron chi connectivity index (χ2n) is 8.19. The number of hydrogen-bond donors (Lipinski definition) is 1. The molecule has 3 heterocycles. The van der Waals surface area contributed by atoms with Crippen molar-refractivity contribution in [2.45, 2.75) is 19.3 Å². The fraction of sp³-hybridized carbons (Fsp3) is 0.148. The van der Waals surface area contributed by atoms with Crippen LogP contribution in [-0.2, 0) is 6.42 Å². The number of nitriles is 1. The number of allylic oxidation sites excluding steroid dienone is 1. The number of hydrogen-bond acceptors (Lipinski definition) is 7. The van der Waals surface area contributed by atoms with Crippen LogP contribution in [0.1, 0.15) is 29.5 Å². The van der Waals surface area contributed by atoms with Crippen molar-refractivity contribution in [2.75, 3.05) is 7.11 Å². The Kier molecular flexibility index (Phi) is 6.09. The van der Waals surface area contributed by atoms with Gasteiger partial charge in [-0.05, 0) is 47.9 Å². The number of aryl methyl sites for hydroxylation is 1. The number of halogens is 2. The Balaban J connectivity index is 1.80. The van der Waals surface area contributed by atoms with Crippen LogP contribution in [0.2, 0.25) is 10.2 Å². The summed E-state index contributed by atoms with van der Waals surface area (Å²) in [5, 5.41) is 11.2. The maximum atomic E-state index is 13.3. The molecular formula is C27H19Cl2N3O4. The van der Waals surface area contributed by atoms with Gasteiger partial charge in [0.2, 0.25) is 5.88 Å². The van der Waals surface area contributed by atoms with Crippen molar-refractivity contribution < 1.29 is 13.9 Å². The van der Waals surface area contributed by atoms with Crippen LogP contribution >= 0.6 is 23.2 Å². The van der Waals surface area contributed by atoms with Gasteiger partial charge in [0, 0.05) is 17.3 Å². The first-order chi connectivity index (χ1) is 17.4. The molecule has 0 amide bonds. The highest BCUT2D eigenvalue weighted by molar-refractivity contribution is 6.35. The van der Waals surface area contributed by atoms with E-state index < -0.39 is 11.5 Å². The molecule has 2 aromatic carbocycles. The van der Waals surface area contributed by atoms with Crippen LogP contribution in [-0.4, -0.2) is 12.1 Å². The molecule has 0 fully saturated rings. The summed E-state index contributed by atoms with van der Waals surface area (Å²) in [5.74, 6) is -0.118. The third kappa shape index (κ3) is 3.85. The second kappa shape index (κ2) is 9.23. The molecule has 0 saturated carbocycles. The van der Waals surface area contributed by atoms with Crippen molar-refractivity contribution in [2.24, 2.45) is 5.73 Å². The molecule has 36 heavy (non-hydrogen) atoms. The molecule has 2 N–H and O–H groups in total. The predicted octanol–water partition coefficient (Wildman–Crippen LogP) is 5.95. The highest BCUT2D eigenvalue weighted by atomic mass is 35.5. The van der Waals surface area contributed by atoms with E-state index in [4.69, 9.17) is 42.8 Å². The average Bonchev–Trinajstić information content (AvgIpc) is 2.87. The van der Waals surface area contributed by atoms with Gasteiger partial charge < -0.3 is 19.6 Å². The van der Waals surface area contributed by atoms with Gasteiger partial charge in [0.1, 0.15) is 28.1 Å². The van der Waals surface area contributed by atoms with Crippen LogP contribution in [0.5, 0.6) is 11.5 Å². The molecule has 1 aliphatic rings. The zero-order chi connectivity index (χ0) is 25.6. The second-order valence-corrected chi connectivity index (χ2v) is 8.98. The summed E-state index contributed by atoms with van der Waals surface area (Å²) in [7, 11) is 1.53. The molecule has 0 saturated heterocycles. The molecule has 1 unspecified atom stereocenters. The van der Waals surface area contributed by atoms with Crippen LogP contribution in [0.4, 0.5) is 0 Å². The van der Waals surface area contributed by atoms with Gasteiger partial charge in [-0.15, -0.1) is 0 Å². The van der Waals surface area contributed by atoms with Crippen molar-refractivity contribution in [3.63, 3.8) is 0 Å². The first-order valence-electron chi connectivity index (χ1n) is 11.0. The Morgan fingerprint density at radius 3 is 2.67 bits per heavy atom. The summed E-state index contributed by atoms with van der Waals surface area (Å²) in [4.78, 5) is 17.4. The van der Waals surface area contributed by atoms with Crippen LogP contribution < -0.4 is 20.8 Å². The van der Waals surface area contributed by atoms with Crippen LogP contribution in [0.3, 0.4) is 0 Å². The smallest absolute Gasteiger partial charge is 0.344 e. The van der Waals surface area contributed by atoms with Gasteiger partial charge in [0.15, 0.2) is 5.75 Å². The lowest BCUT2D eigenvalue weighted by molar-refractivity contribution is 0.388. The number of aromatic nitrogens is 1. The van der Waals surface area contributed by atoms with E-state index in [2.05, 4.69) is 11.1 Å². The number of ether oxygens (including phenoxy) is 2. The minimum absolute atomic E-state index is 0.0765. The largest absolute Gasteiger partial charge is 0.496 e. The van der Waals surface area contributed by atoms with Crippen molar-refractivity contribution >= 4 is 34.2 Å². The van der Waals surface area contributed by atoms with Gasteiger partial charge in [0.25, 0.3) is 0 Å². The summed E-state index contributed by atoms with van der Waals surface area (Å²) >= 11 is 12.4. The summed E-state index contributed by atoms with van der Waals surface area (Å²) in [6.45, 7) is 2.02. The van der Waals surface area contributed by atoms with E-state index in [1.807, 2.05) is 19.1 Å². The lowest BCUT2D eigenvalue weighted by Crippen LogP contribution is -2.26. The SMILES string of the molecule is CCc1ccc2oc(=O)c3c(c2c1)OC(N)=C(C#N)C3c1ccc(OC)c(-c2cnc(Cl)cc2Cl)c1. The summed E-state index contributed by atoms with van der Waals surface area (Å²) in [5.41, 5.74) is 9.07. The normalized spacial score (nSPS) is 14.8. The van der Waals surface area contributed by atoms with E-state index >= 15 is 0 Å². The molecule has 0 aliphatic carbocycles. The highest BCUT2D eigenvalue weighted by Crippen LogP contribution is 2.46. The van der Waals surface area contributed by atoms with Gasteiger partial charge in [-0.1, -0.05) is 42.3 Å². The Morgan fingerprint density at radius 2 is 1.97 bits per heavy atom. The zero-order valence-electron chi connectivity index (χ0n) is 19.3. The number of fused-ring (bicyclic) bond motifs is 3. The first-order valence-corrected chi connectivity index (χ1v) is 11.8.